The SMILES string of the molecule is CC.CC(C)(C)CC(C)(O)C(=O)Nc1ccc([N+](C)(C)C)cc1. The van der Waals surface area contributed by atoms with Gasteiger partial charge in [0.1, 0.15) is 11.3 Å². The zero-order chi connectivity index (χ0) is 18.5. The molecule has 23 heavy (non-hydrogen) atoms. The first-order valence-electron chi connectivity index (χ1n) is 8.27. The standard InChI is InChI=1S/C17H28N2O2.C2H6/c1-16(2,3)12-17(4,21)15(20)18-13-8-10-14(11-9-13)19(5,6)7;1-2/h8-11,21H,12H2,1-7H3;1-2H3/p+1. The number of carbonyl (C=O) groups excluding carboxylic acids is 1. The summed E-state index contributed by atoms with van der Waals surface area (Å²) in [4.78, 5) is 12.2. The smallest absolute Gasteiger partial charge is 0.256 e. The summed E-state index contributed by atoms with van der Waals surface area (Å²) >= 11 is 0. The van der Waals surface area contributed by atoms with Crippen LogP contribution in [-0.2, 0) is 4.79 Å². The van der Waals surface area contributed by atoms with Crippen LogP contribution in [0.15, 0.2) is 24.3 Å². The van der Waals surface area contributed by atoms with Crippen molar-refractivity contribution < 1.29 is 9.90 Å². The largest absolute Gasteiger partial charge is 0.380 e. The van der Waals surface area contributed by atoms with Crippen molar-refractivity contribution in [2.45, 2.75) is 53.6 Å². The van der Waals surface area contributed by atoms with E-state index in [0.717, 1.165) is 10.2 Å². The van der Waals surface area contributed by atoms with E-state index in [2.05, 4.69) is 26.5 Å². The number of nitrogens with zero attached hydrogens (tertiary/aromatic N) is 1. The van der Waals surface area contributed by atoms with E-state index < -0.39 is 5.60 Å². The number of aliphatic hydroxyl groups is 1. The van der Waals surface area contributed by atoms with Crippen LogP contribution >= 0.6 is 0 Å². The van der Waals surface area contributed by atoms with Gasteiger partial charge in [-0.2, -0.15) is 0 Å². The van der Waals surface area contributed by atoms with Crippen LogP contribution in [0.2, 0.25) is 0 Å². The summed E-state index contributed by atoms with van der Waals surface area (Å²) in [6, 6.07) is 7.69. The Kier molecular flexibility index (Phi) is 7.45. The molecule has 1 atom stereocenters. The Morgan fingerprint density at radius 3 is 1.83 bits per heavy atom. The van der Waals surface area contributed by atoms with Crippen molar-refractivity contribution in [1.82, 2.24) is 4.48 Å². The van der Waals surface area contributed by atoms with Crippen LogP contribution in [0.3, 0.4) is 0 Å². The zero-order valence-corrected chi connectivity index (χ0v) is 16.3. The first-order chi connectivity index (χ1) is 10.3. The highest BCUT2D eigenvalue weighted by atomic mass is 16.3. The molecule has 0 aliphatic rings. The molecule has 1 unspecified atom stereocenters. The van der Waals surface area contributed by atoms with E-state index in [1.54, 1.807) is 6.92 Å². The molecular weight excluding hydrogens is 288 g/mol. The maximum absolute atomic E-state index is 12.2. The zero-order valence-electron chi connectivity index (χ0n) is 16.3. The van der Waals surface area contributed by atoms with Crippen molar-refractivity contribution in [3.63, 3.8) is 0 Å². The third-order valence-electron chi connectivity index (χ3n) is 3.26. The highest BCUT2D eigenvalue weighted by Gasteiger charge is 2.34. The van der Waals surface area contributed by atoms with E-state index in [9.17, 15) is 9.90 Å². The van der Waals surface area contributed by atoms with Gasteiger partial charge in [0, 0.05) is 17.8 Å². The Labute approximate surface area is 142 Å². The molecule has 0 fully saturated rings. The minimum atomic E-state index is -1.38. The molecule has 1 amide bonds. The Bertz CT molecular complexity index is 492. The number of carbonyl (C=O) groups is 1. The first-order valence-corrected chi connectivity index (χ1v) is 8.27. The molecule has 132 valence electrons. The summed E-state index contributed by atoms with van der Waals surface area (Å²) in [6.07, 6.45) is 0.406. The molecule has 0 aliphatic carbocycles. The van der Waals surface area contributed by atoms with E-state index in [-0.39, 0.29) is 11.3 Å². The van der Waals surface area contributed by atoms with Crippen LogP contribution in [0.4, 0.5) is 11.4 Å². The van der Waals surface area contributed by atoms with Crippen LogP contribution in [0.5, 0.6) is 0 Å². The molecule has 0 spiro atoms. The highest BCUT2D eigenvalue weighted by molar-refractivity contribution is 5.96. The van der Waals surface area contributed by atoms with Gasteiger partial charge in [0.15, 0.2) is 0 Å². The van der Waals surface area contributed by atoms with Crippen LogP contribution in [-0.4, -0.2) is 37.8 Å². The summed E-state index contributed by atoms with van der Waals surface area (Å²) in [5, 5.41) is 13.1. The van der Waals surface area contributed by atoms with Gasteiger partial charge in [0.2, 0.25) is 0 Å². The minimum absolute atomic E-state index is 0.117. The van der Waals surface area contributed by atoms with Gasteiger partial charge in [-0.1, -0.05) is 34.6 Å². The molecule has 0 radical (unpaired) electrons. The third-order valence-corrected chi connectivity index (χ3v) is 3.26. The van der Waals surface area contributed by atoms with E-state index >= 15 is 0 Å². The number of benzene rings is 1. The number of nitrogens with one attached hydrogen (secondary N) is 1. The van der Waals surface area contributed by atoms with Crippen molar-refractivity contribution in [3.8, 4) is 0 Å². The number of quaternary nitrogens is 1. The molecule has 1 aromatic carbocycles. The van der Waals surface area contributed by atoms with Crippen molar-refractivity contribution in [2.24, 2.45) is 5.41 Å². The molecule has 0 bridgehead atoms. The Morgan fingerprint density at radius 2 is 1.48 bits per heavy atom. The number of anilines is 1. The van der Waals surface area contributed by atoms with Gasteiger partial charge < -0.3 is 10.4 Å². The molecule has 0 heterocycles. The van der Waals surface area contributed by atoms with E-state index in [1.807, 2.05) is 58.9 Å². The monoisotopic (exact) mass is 323 g/mol. The van der Waals surface area contributed by atoms with Crippen molar-refractivity contribution in [1.29, 1.82) is 0 Å². The van der Waals surface area contributed by atoms with Gasteiger partial charge in [-0.25, -0.2) is 0 Å². The fraction of sp³-hybridized carbons (Fsp3) is 0.632. The molecule has 4 heteroatoms. The first kappa shape index (κ1) is 21.6. The van der Waals surface area contributed by atoms with Crippen molar-refractivity contribution >= 4 is 17.3 Å². The normalized spacial score (nSPS) is 14.3. The van der Waals surface area contributed by atoms with Crippen LogP contribution < -0.4 is 9.80 Å². The van der Waals surface area contributed by atoms with Gasteiger partial charge in [0.25, 0.3) is 5.91 Å². The molecule has 0 saturated carbocycles. The number of rotatable bonds is 4. The molecule has 2 N–H and O–H groups in total. The molecule has 1 aromatic rings. The Hall–Kier alpha value is -1.39. The maximum atomic E-state index is 12.2. The molecule has 0 saturated heterocycles. The lowest BCUT2D eigenvalue weighted by Gasteiger charge is -2.30. The lowest BCUT2D eigenvalue weighted by Crippen LogP contribution is -2.43. The van der Waals surface area contributed by atoms with Crippen LogP contribution in [0.1, 0.15) is 48.0 Å². The van der Waals surface area contributed by atoms with Gasteiger partial charge in [-0.05, 0) is 30.9 Å². The van der Waals surface area contributed by atoms with E-state index in [4.69, 9.17) is 0 Å². The van der Waals surface area contributed by atoms with E-state index in [1.165, 1.54) is 0 Å². The van der Waals surface area contributed by atoms with Crippen molar-refractivity contribution in [2.75, 3.05) is 26.5 Å². The quantitative estimate of drug-likeness (QED) is 0.822. The second-order valence-corrected chi connectivity index (χ2v) is 8.02. The highest BCUT2D eigenvalue weighted by Crippen LogP contribution is 2.28. The van der Waals surface area contributed by atoms with E-state index in [0.29, 0.717) is 12.1 Å². The number of hydrogen-bond donors (Lipinski definition) is 2. The topological polar surface area (TPSA) is 49.3 Å². The van der Waals surface area contributed by atoms with Crippen LogP contribution in [0, 0.1) is 5.41 Å². The Morgan fingerprint density at radius 1 is 1.04 bits per heavy atom. The van der Waals surface area contributed by atoms with Gasteiger partial charge >= 0.3 is 0 Å². The summed E-state index contributed by atoms with van der Waals surface area (Å²) < 4.78 is 0.718. The van der Waals surface area contributed by atoms with Gasteiger partial charge in [-0.15, -0.1) is 0 Å². The minimum Gasteiger partial charge on any atom is -0.380 e. The molecule has 0 aromatic heterocycles. The Balaban J connectivity index is 0.00000232. The summed E-state index contributed by atoms with van der Waals surface area (Å²) in [6.45, 7) is 11.6. The fourth-order valence-corrected chi connectivity index (χ4v) is 2.37. The molecular formula is C19H35N2O2+. The fourth-order valence-electron chi connectivity index (χ4n) is 2.37. The summed E-state index contributed by atoms with van der Waals surface area (Å²) in [5.74, 6) is -0.365. The number of amides is 1. The van der Waals surface area contributed by atoms with Gasteiger partial charge in [-0.3, -0.25) is 9.28 Å². The van der Waals surface area contributed by atoms with Crippen LogP contribution in [0.25, 0.3) is 0 Å². The second-order valence-electron chi connectivity index (χ2n) is 8.02. The lowest BCUT2D eigenvalue weighted by atomic mass is 9.82. The maximum Gasteiger partial charge on any atom is 0.256 e. The third kappa shape index (κ3) is 7.62. The summed E-state index contributed by atoms with van der Waals surface area (Å²) in [5.41, 5.74) is 0.353. The van der Waals surface area contributed by atoms with Gasteiger partial charge in [0.05, 0.1) is 21.1 Å². The molecule has 1 rings (SSSR count). The van der Waals surface area contributed by atoms with Crippen molar-refractivity contribution in [3.05, 3.63) is 24.3 Å². The summed E-state index contributed by atoms with van der Waals surface area (Å²) in [7, 11) is 6.26. The molecule has 4 nitrogen and oxygen atoms in total. The lowest BCUT2D eigenvalue weighted by molar-refractivity contribution is -0.135. The number of hydrogen-bond acceptors (Lipinski definition) is 2. The molecule has 0 aliphatic heterocycles. The predicted octanol–water partition coefficient (Wildman–Crippen LogP) is 4.04. The average molecular weight is 324 g/mol. The average Bonchev–Trinajstić information content (AvgIpc) is 2.38. The second kappa shape index (κ2) is 7.93. The predicted molar refractivity (Wildman–Crippen MR) is 101 cm³/mol.